The average Bonchev–Trinajstić information content (AvgIpc) is 2.30. The van der Waals surface area contributed by atoms with Crippen LogP contribution in [0, 0.1) is 5.92 Å². The van der Waals surface area contributed by atoms with Crippen molar-refractivity contribution in [3.05, 3.63) is 28.8 Å². The number of halogens is 1. The van der Waals surface area contributed by atoms with Gasteiger partial charge in [-0.1, -0.05) is 31.5 Å². The molecule has 3 N–H and O–H groups in total. The highest BCUT2D eigenvalue weighted by atomic mass is 35.5. The SMILES string of the molecule is CC(C)CCC(C)NC(=O)c1cccc(Cl)c1N. The Bertz CT molecular complexity index is 418. The van der Waals surface area contributed by atoms with Gasteiger partial charge in [-0.3, -0.25) is 4.79 Å². The molecule has 1 aromatic rings. The monoisotopic (exact) mass is 268 g/mol. The molecule has 18 heavy (non-hydrogen) atoms. The molecule has 0 radical (unpaired) electrons. The van der Waals surface area contributed by atoms with Gasteiger partial charge in [0.05, 0.1) is 16.3 Å². The largest absolute Gasteiger partial charge is 0.397 e. The van der Waals surface area contributed by atoms with Gasteiger partial charge in [-0.15, -0.1) is 0 Å². The molecule has 0 fully saturated rings. The van der Waals surface area contributed by atoms with Gasteiger partial charge in [0.2, 0.25) is 0 Å². The summed E-state index contributed by atoms with van der Waals surface area (Å²) in [6.45, 7) is 6.34. The smallest absolute Gasteiger partial charge is 0.253 e. The molecule has 1 rings (SSSR count). The summed E-state index contributed by atoms with van der Waals surface area (Å²) in [4.78, 5) is 12.0. The molecule has 0 saturated heterocycles. The van der Waals surface area contributed by atoms with Gasteiger partial charge in [0.15, 0.2) is 0 Å². The summed E-state index contributed by atoms with van der Waals surface area (Å²) in [5.41, 5.74) is 6.57. The molecule has 0 aliphatic rings. The van der Waals surface area contributed by atoms with Crippen LogP contribution in [0.15, 0.2) is 18.2 Å². The van der Waals surface area contributed by atoms with E-state index in [-0.39, 0.29) is 11.9 Å². The zero-order valence-electron chi connectivity index (χ0n) is 11.2. The molecule has 0 aliphatic carbocycles. The minimum absolute atomic E-state index is 0.137. The molecule has 0 spiro atoms. The summed E-state index contributed by atoms with van der Waals surface area (Å²) in [7, 11) is 0. The number of hydrogen-bond donors (Lipinski definition) is 2. The van der Waals surface area contributed by atoms with E-state index in [1.54, 1.807) is 18.2 Å². The standard InChI is InChI=1S/C14H21ClN2O/c1-9(2)7-8-10(3)17-14(18)11-5-4-6-12(15)13(11)16/h4-6,9-10H,7-8,16H2,1-3H3,(H,17,18). The number of amides is 1. The van der Waals surface area contributed by atoms with Crippen LogP contribution in [0.4, 0.5) is 5.69 Å². The summed E-state index contributed by atoms with van der Waals surface area (Å²) in [6.07, 6.45) is 2.05. The molecule has 0 heterocycles. The highest BCUT2D eigenvalue weighted by Crippen LogP contribution is 2.22. The van der Waals surface area contributed by atoms with Crippen LogP contribution < -0.4 is 11.1 Å². The Morgan fingerprint density at radius 3 is 2.61 bits per heavy atom. The van der Waals surface area contributed by atoms with Crippen molar-refractivity contribution in [2.45, 2.75) is 39.7 Å². The first-order valence-electron chi connectivity index (χ1n) is 6.26. The number of carbonyl (C=O) groups is 1. The Morgan fingerprint density at radius 1 is 1.33 bits per heavy atom. The minimum atomic E-state index is -0.161. The number of anilines is 1. The summed E-state index contributed by atoms with van der Waals surface area (Å²) in [6, 6.07) is 5.23. The molecular formula is C14H21ClN2O. The number of nitrogen functional groups attached to an aromatic ring is 1. The highest BCUT2D eigenvalue weighted by Gasteiger charge is 2.14. The molecule has 0 saturated carbocycles. The maximum Gasteiger partial charge on any atom is 0.253 e. The summed E-state index contributed by atoms with van der Waals surface area (Å²) >= 11 is 5.89. The Kier molecular flexibility index (Phi) is 5.48. The summed E-state index contributed by atoms with van der Waals surface area (Å²) in [5.74, 6) is 0.479. The van der Waals surface area contributed by atoms with Crippen LogP contribution in [0.5, 0.6) is 0 Å². The van der Waals surface area contributed by atoms with Gasteiger partial charge < -0.3 is 11.1 Å². The Labute approximate surface area is 114 Å². The predicted octanol–water partition coefficient (Wildman–Crippen LogP) is 3.48. The van der Waals surface area contributed by atoms with Crippen LogP contribution in [0.2, 0.25) is 5.02 Å². The topological polar surface area (TPSA) is 55.1 Å². The lowest BCUT2D eigenvalue weighted by molar-refractivity contribution is 0.0938. The minimum Gasteiger partial charge on any atom is -0.397 e. The summed E-state index contributed by atoms with van der Waals surface area (Å²) in [5, 5.41) is 3.36. The van der Waals surface area contributed by atoms with Gasteiger partial charge in [0.1, 0.15) is 0 Å². The second kappa shape index (κ2) is 6.64. The van der Waals surface area contributed by atoms with Crippen molar-refractivity contribution in [2.75, 3.05) is 5.73 Å². The molecule has 1 atom stereocenters. The lowest BCUT2D eigenvalue weighted by Crippen LogP contribution is -2.33. The van der Waals surface area contributed by atoms with Crippen LogP contribution in [-0.2, 0) is 0 Å². The molecule has 4 heteroatoms. The van der Waals surface area contributed by atoms with Gasteiger partial charge in [0.25, 0.3) is 5.91 Å². The lowest BCUT2D eigenvalue weighted by atomic mass is 10.0. The second-order valence-electron chi connectivity index (χ2n) is 5.05. The van der Waals surface area contributed by atoms with E-state index >= 15 is 0 Å². The number of hydrogen-bond acceptors (Lipinski definition) is 2. The quantitative estimate of drug-likeness (QED) is 0.804. The number of nitrogens with one attached hydrogen (secondary N) is 1. The van der Waals surface area contributed by atoms with Gasteiger partial charge in [-0.05, 0) is 37.8 Å². The summed E-state index contributed by atoms with van der Waals surface area (Å²) < 4.78 is 0. The number of carbonyl (C=O) groups excluding carboxylic acids is 1. The molecule has 0 bridgehead atoms. The van der Waals surface area contributed by atoms with Gasteiger partial charge in [-0.25, -0.2) is 0 Å². The number of nitrogens with two attached hydrogens (primary N) is 1. The van der Waals surface area contributed by atoms with Crippen molar-refractivity contribution in [2.24, 2.45) is 5.92 Å². The number of rotatable bonds is 5. The Hall–Kier alpha value is -1.22. The third-order valence-electron chi connectivity index (χ3n) is 2.85. The maximum absolute atomic E-state index is 12.0. The molecule has 0 aliphatic heterocycles. The first-order chi connectivity index (χ1) is 8.41. The van der Waals surface area contributed by atoms with Gasteiger partial charge in [0, 0.05) is 6.04 Å². The molecule has 1 aromatic carbocycles. The van der Waals surface area contributed by atoms with E-state index in [1.807, 2.05) is 6.92 Å². The number of para-hydroxylation sites is 1. The Morgan fingerprint density at radius 2 is 2.00 bits per heavy atom. The zero-order chi connectivity index (χ0) is 13.7. The van der Waals surface area contributed by atoms with Gasteiger partial charge in [-0.2, -0.15) is 0 Å². The van der Waals surface area contributed by atoms with Crippen molar-refractivity contribution in [1.82, 2.24) is 5.32 Å². The zero-order valence-corrected chi connectivity index (χ0v) is 11.9. The van der Waals surface area contributed by atoms with E-state index in [2.05, 4.69) is 19.2 Å². The average molecular weight is 269 g/mol. The number of benzene rings is 1. The van der Waals surface area contributed by atoms with Crippen LogP contribution in [0.25, 0.3) is 0 Å². The van der Waals surface area contributed by atoms with E-state index in [0.29, 0.717) is 22.2 Å². The third kappa shape index (κ3) is 4.22. The Balaban J connectivity index is 2.62. The van der Waals surface area contributed by atoms with E-state index in [9.17, 15) is 4.79 Å². The van der Waals surface area contributed by atoms with Crippen LogP contribution >= 0.6 is 11.6 Å². The van der Waals surface area contributed by atoms with Crippen molar-refractivity contribution in [3.8, 4) is 0 Å². The lowest BCUT2D eigenvalue weighted by Gasteiger charge is -2.16. The fraction of sp³-hybridized carbons (Fsp3) is 0.500. The van der Waals surface area contributed by atoms with E-state index in [0.717, 1.165) is 12.8 Å². The van der Waals surface area contributed by atoms with E-state index < -0.39 is 0 Å². The molecule has 3 nitrogen and oxygen atoms in total. The molecule has 0 aromatic heterocycles. The highest BCUT2D eigenvalue weighted by molar-refractivity contribution is 6.33. The van der Waals surface area contributed by atoms with Crippen molar-refractivity contribution in [3.63, 3.8) is 0 Å². The molecular weight excluding hydrogens is 248 g/mol. The van der Waals surface area contributed by atoms with Crippen molar-refractivity contribution >= 4 is 23.2 Å². The second-order valence-corrected chi connectivity index (χ2v) is 5.45. The fourth-order valence-corrected chi connectivity index (χ4v) is 1.87. The van der Waals surface area contributed by atoms with Crippen molar-refractivity contribution < 1.29 is 4.79 Å². The normalized spacial score (nSPS) is 12.5. The fourth-order valence-electron chi connectivity index (χ4n) is 1.69. The molecule has 1 unspecified atom stereocenters. The van der Waals surface area contributed by atoms with Crippen LogP contribution in [0.1, 0.15) is 44.0 Å². The molecule has 100 valence electrons. The third-order valence-corrected chi connectivity index (χ3v) is 3.18. The first kappa shape index (κ1) is 14.8. The predicted molar refractivity (Wildman–Crippen MR) is 76.9 cm³/mol. The first-order valence-corrected chi connectivity index (χ1v) is 6.64. The van der Waals surface area contributed by atoms with E-state index in [1.165, 1.54) is 0 Å². The van der Waals surface area contributed by atoms with E-state index in [4.69, 9.17) is 17.3 Å². The maximum atomic E-state index is 12.0. The van der Waals surface area contributed by atoms with Crippen LogP contribution in [0.3, 0.4) is 0 Å². The van der Waals surface area contributed by atoms with Crippen molar-refractivity contribution in [1.29, 1.82) is 0 Å². The van der Waals surface area contributed by atoms with Crippen LogP contribution in [-0.4, -0.2) is 11.9 Å². The molecule has 1 amide bonds. The van der Waals surface area contributed by atoms with Gasteiger partial charge >= 0.3 is 0 Å².